The highest BCUT2D eigenvalue weighted by molar-refractivity contribution is 7.75. The van der Waals surface area contributed by atoms with Crippen LogP contribution in [0.2, 0.25) is 0 Å². The van der Waals surface area contributed by atoms with Crippen molar-refractivity contribution >= 4 is 22.3 Å². The molecular formula is C19H25FN4O3S. The number of urea groups is 1. The second kappa shape index (κ2) is 8.30. The van der Waals surface area contributed by atoms with Gasteiger partial charge in [0.2, 0.25) is 5.88 Å². The van der Waals surface area contributed by atoms with Gasteiger partial charge in [0, 0.05) is 18.7 Å². The summed E-state index contributed by atoms with van der Waals surface area (Å²) >= 11 is 0. The zero-order valence-electron chi connectivity index (χ0n) is 16.4. The summed E-state index contributed by atoms with van der Waals surface area (Å²) in [4.78, 5) is 12.8. The molecule has 0 saturated heterocycles. The minimum atomic E-state index is -2.36. The first-order valence-electron chi connectivity index (χ1n) is 9.29. The molecule has 28 heavy (non-hydrogen) atoms. The molecule has 2 aromatic rings. The monoisotopic (exact) mass is 408 g/mol. The molecule has 0 aliphatic carbocycles. The number of thiol groups is 1. The van der Waals surface area contributed by atoms with E-state index in [0.29, 0.717) is 40.7 Å². The van der Waals surface area contributed by atoms with E-state index in [-0.39, 0.29) is 17.7 Å². The van der Waals surface area contributed by atoms with Gasteiger partial charge >= 0.3 is 6.03 Å². The normalized spacial score (nSPS) is 14.8. The van der Waals surface area contributed by atoms with Crippen LogP contribution in [0.5, 0.6) is 5.88 Å². The summed E-state index contributed by atoms with van der Waals surface area (Å²) in [5.41, 5.74) is 1.87. The first-order chi connectivity index (χ1) is 13.3. The lowest BCUT2D eigenvalue weighted by Gasteiger charge is -2.19. The van der Waals surface area contributed by atoms with Gasteiger partial charge in [-0.3, -0.25) is 0 Å². The summed E-state index contributed by atoms with van der Waals surface area (Å²) in [6, 6.07) is 2.08. The van der Waals surface area contributed by atoms with Gasteiger partial charge in [-0.25, -0.2) is 18.1 Å². The maximum atomic E-state index is 14.0. The Kier molecular flexibility index (Phi) is 6.02. The lowest BCUT2D eigenvalue weighted by atomic mass is 9.92. The molecule has 2 heterocycles. The number of hydrogen-bond acceptors (Lipinski definition) is 4. The maximum absolute atomic E-state index is 14.0. The van der Waals surface area contributed by atoms with E-state index in [1.54, 1.807) is 4.68 Å². The number of carbonyl (C=O) groups is 1. The molecule has 9 heteroatoms. The molecule has 1 aromatic heterocycles. The van der Waals surface area contributed by atoms with Gasteiger partial charge in [-0.1, -0.05) is 27.7 Å². The van der Waals surface area contributed by atoms with Crippen LogP contribution in [0.15, 0.2) is 27.6 Å². The summed E-state index contributed by atoms with van der Waals surface area (Å²) in [5, 5.41) is 6.85. The van der Waals surface area contributed by atoms with Crippen LogP contribution < -0.4 is 10.1 Å². The van der Waals surface area contributed by atoms with E-state index < -0.39 is 16.6 Å². The Morgan fingerprint density at radius 2 is 1.93 bits per heavy atom. The molecule has 0 saturated carbocycles. The molecule has 1 aliphatic rings. The topological polar surface area (TPSA) is 85.6 Å². The number of amides is 2. The van der Waals surface area contributed by atoms with E-state index in [1.807, 2.05) is 27.7 Å². The molecule has 0 spiro atoms. The number of ether oxygens (including phenoxy) is 1. The van der Waals surface area contributed by atoms with E-state index in [1.165, 1.54) is 18.3 Å². The third-order valence-electron chi connectivity index (χ3n) is 4.55. The van der Waals surface area contributed by atoms with Gasteiger partial charge in [0.15, 0.2) is 0 Å². The van der Waals surface area contributed by atoms with Crippen molar-refractivity contribution < 1.29 is 18.1 Å². The molecule has 1 atom stereocenters. The summed E-state index contributed by atoms with van der Waals surface area (Å²) in [7, 11) is -2.36. The molecule has 152 valence electrons. The number of aryl methyl sites for hydroxylation is 1. The van der Waals surface area contributed by atoms with Crippen LogP contribution in [0.3, 0.4) is 0 Å². The van der Waals surface area contributed by atoms with E-state index in [4.69, 9.17) is 4.74 Å². The third-order valence-corrected chi connectivity index (χ3v) is 5.64. The summed E-state index contributed by atoms with van der Waals surface area (Å²) in [5.74, 6) is 0.0372. The fourth-order valence-electron chi connectivity index (χ4n) is 3.16. The predicted molar refractivity (Wildman–Crippen MR) is 106 cm³/mol. The van der Waals surface area contributed by atoms with Gasteiger partial charge in [-0.05, 0) is 35.1 Å². The number of fused-ring (bicyclic) bond motifs is 1. The maximum Gasteiger partial charge on any atom is 0.353 e. The Balaban J connectivity index is 1.92. The van der Waals surface area contributed by atoms with E-state index in [0.717, 1.165) is 6.42 Å². The Hall–Kier alpha value is -2.42. The number of nitrogens with one attached hydrogen (secondary N) is 1. The van der Waals surface area contributed by atoms with Gasteiger partial charge in [0.1, 0.15) is 10.7 Å². The minimum Gasteiger partial charge on any atom is -0.477 e. The second-order valence-corrected chi connectivity index (χ2v) is 8.56. The van der Waals surface area contributed by atoms with Crippen molar-refractivity contribution in [1.82, 2.24) is 9.78 Å². The zero-order chi connectivity index (χ0) is 20.4. The molecular weight excluding hydrogens is 383 g/mol. The first-order valence-corrected chi connectivity index (χ1v) is 10.5. The lowest BCUT2D eigenvalue weighted by molar-refractivity contribution is 0.225. The van der Waals surface area contributed by atoms with Gasteiger partial charge in [-0.15, -0.1) is 4.36 Å². The van der Waals surface area contributed by atoms with Crippen LogP contribution in [0, 0.1) is 5.82 Å². The van der Waals surface area contributed by atoms with E-state index in [9.17, 15) is 13.4 Å². The Morgan fingerprint density at radius 3 is 2.54 bits per heavy atom. The predicted octanol–water partition coefficient (Wildman–Crippen LogP) is 4.31. The quantitative estimate of drug-likeness (QED) is 0.739. The first kappa shape index (κ1) is 20.3. The van der Waals surface area contributed by atoms with Crippen molar-refractivity contribution in [3.05, 3.63) is 35.3 Å². The van der Waals surface area contributed by atoms with Gasteiger partial charge in [0.05, 0.1) is 23.4 Å². The number of halogens is 1. The highest BCUT2D eigenvalue weighted by Crippen LogP contribution is 2.34. The van der Waals surface area contributed by atoms with Crippen LogP contribution in [-0.2, 0) is 17.1 Å². The van der Waals surface area contributed by atoms with Crippen LogP contribution in [0.25, 0.3) is 0 Å². The van der Waals surface area contributed by atoms with Crippen molar-refractivity contribution in [1.29, 1.82) is 0 Å². The zero-order valence-corrected chi connectivity index (χ0v) is 17.3. The van der Waals surface area contributed by atoms with E-state index >= 15 is 0 Å². The van der Waals surface area contributed by atoms with Crippen LogP contribution in [-0.4, -0.2) is 26.6 Å². The Bertz CT molecular complexity index is 949. The molecule has 7 nitrogen and oxygen atoms in total. The summed E-state index contributed by atoms with van der Waals surface area (Å²) < 4.78 is 37.5. The molecule has 0 radical (unpaired) electrons. The number of carbonyl (C=O) groups excluding carboxylic acids is 1. The molecule has 1 unspecified atom stereocenters. The van der Waals surface area contributed by atoms with Crippen molar-refractivity contribution in [2.75, 3.05) is 11.9 Å². The van der Waals surface area contributed by atoms with Gasteiger partial charge < -0.3 is 10.1 Å². The van der Waals surface area contributed by atoms with Crippen LogP contribution in [0.4, 0.5) is 14.9 Å². The second-order valence-electron chi connectivity index (χ2n) is 7.33. The Morgan fingerprint density at radius 1 is 1.29 bits per heavy atom. The largest absolute Gasteiger partial charge is 0.477 e. The molecule has 0 bridgehead atoms. The summed E-state index contributed by atoms with van der Waals surface area (Å²) in [6.45, 7) is 8.87. The SMILES string of the molecule is CC(C)c1cc(F)cc(C(C)C)c1NC(=O)/N=[SH](=O)\c1cnn2c1OCCC2. The van der Waals surface area contributed by atoms with Crippen molar-refractivity contribution in [3.63, 3.8) is 0 Å². The molecule has 2 amide bonds. The number of benzene rings is 1. The molecule has 1 aromatic carbocycles. The van der Waals surface area contributed by atoms with Gasteiger partial charge in [-0.2, -0.15) is 5.10 Å². The average Bonchev–Trinajstić information content (AvgIpc) is 3.06. The average molecular weight is 408 g/mol. The summed E-state index contributed by atoms with van der Waals surface area (Å²) in [6.07, 6.45) is 2.25. The molecule has 0 fully saturated rings. The number of rotatable bonds is 4. The number of nitrogens with zero attached hydrogens (tertiary/aromatic N) is 3. The molecule has 1 aliphatic heterocycles. The van der Waals surface area contributed by atoms with Gasteiger partial charge in [0.25, 0.3) is 0 Å². The standard InChI is InChI=1S/C19H25FN4O3S/c1-11(2)14-8-13(20)9-15(12(3)4)17(14)22-19(25)23-28(26)16-10-21-24-6-5-7-27-18(16)24/h8-12,28H,5-7H2,1-4H3,(H,22,25). The van der Waals surface area contributed by atoms with Crippen molar-refractivity contribution in [3.8, 4) is 5.88 Å². The number of aromatic nitrogens is 2. The smallest absolute Gasteiger partial charge is 0.353 e. The van der Waals surface area contributed by atoms with Crippen molar-refractivity contribution in [2.24, 2.45) is 4.36 Å². The highest BCUT2D eigenvalue weighted by Gasteiger charge is 2.20. The number of anilines is 1. The third kappa shape index (κ3) is 4.19. The number of hydrogen-bond donors (Lipinski definition) is 2. The van der Waals surface area contributed by atoms with Crippen LogP contribution in [0.1, 0.15) is 57.1 Å². The fraction of sp³-hybridized carbons (Fsp3) is 0.474. The Labute approximate surface area is 165 Å². The molecule has 1 N–H and O–H groups in total. The fourth-order valence-corrected chi connectivity index (χ4v) is 3.98. The lowest BCUT2D eigenvalue weighted by Crippen LogP contribution is -2.15. The van der Waals surface area contributed by atoms with Crippen molar-refractivity contribution in [2.45, 2.75) is 57.4 Å². The van der Waals surface area contributed by atoms with E-state index in [2.05, 4.69) is 14.8 Å². The minimum absolute atomic E-state index is 0.00615. The highest BCUT2D eigenvalue weighted by atomic mass is 32.2. The molecule has 3 rings (SSSR count). The van der Waals surface area contributed by atoms with Crippen LogP contribution >= 0.6 is 0 Å².